The Hall–Kier alpha value is -1.96. The third-order valence-corrected chi connectivity index (χ3v) is 12.2. The number of aliphatic hydroxyl groups excluding tert-OH is 3. The summed E-state index contributed by atoms with van der Waals surface area (Å²) in [6.07, 6.45) is 5.80. The number of carbonyl (C=O) groups is 2. The van der Waals surface area contributed by atoms with Crippen molar-refractivity contribution in [2.24, 2.45) is 46.3 Å². The molecule has 4 aliphatic rings. The smallest absolute Gasteiger partial charge is 0.326 e. The van der Waals surface area contributed by atoms with E-state index in [1.54, 1.807) is 0 Å². The molecule has 0 radical (unpaired) electrons. The number of nitrogens with one attached hydrogen (secondary N) is 1. The van der Waals surface area contributed by atoms with E-state index in [9.17, 15) is 30.0 Å². The zero-order chi connectivity index (χ0) is 28.8. The summed E-state index contributed by atoms with van der Waals surface area (Å²) in [5.74, 6) is 0.195. The van der Waals surface area contributed by atoms with E-state index in [1.807, 2.05) is 30.3 Å². The molecular formula is C33H49NO6. The first kappa shape index (κ1) is 29.5. The summed E-state index contributed by atoms with van der Waals surface area (Å²) in [6, 6.07) is 8.42. The number of carboxylic acid groups (broad SMARTS) is 1. The van der Waals surface area contributed by atoms with Gasteiger partial charge in [0.25, 0.3) is 0 Å². The molecule has 12 atom stereocenters. The van der Waals surface area contributed by atoms with Gasteiger partial charge in [-0.3, -0.25) is 4.79 Å². The first-order valence-electron chi connectivity index (χ1n) is 15.6. The van der Waals surface area contributed by atoms with Gasteiger partial charge in [-0.15, -0.1) is 0 Å². The van der Waals surface area contributed by atoms with Crippen molar-refractivity contribution in [1.82, 2.24) is 5.32 Å². The first-order chi connectivity index (χ1) is 19.0. The van der Waals surface area contributed by atoms with Crippen LogP contribution in [-0.4, -0.2) is 56.7 Å². The zero-order valence-corrected chi connectivity index (χ0v) is 24.3. The quantitative estimate of drug-likeness (QED) is 0.328. The maximum absolute atomic E-state index is 12.8. The second-order valence-corrected chi connectivity index (χ2v) is 14.2. The fraction of sp³-hybridized carbons (Fsp3) is 0.758. The van der Waals surface area contributed by atoms with Crippen molar-refractivity contribution in [3.05, 3.63) is 35.9 Å². The minimum atomic E-state index is -1.02. The van der Waals surface area contributed by atoms with Gasteiger partial charge in [0.2, 0.25) is 5.91 Å². The van der Waals surface area contributed by atoms with E-state index in [0.717, 1.165) is 44.1 Å². The Morgan fingerprint density at radius 3 is 2.30 bits per heavy atom. The number of carbonyl (C=O) groups excluding carboxylic acids is 1. The van der Waals surface area contributed by atoms with Gasteiger partial charge >= 0.3 is 5.97 Å². The SMILES string of the molecule is C[C@H](CCC(=O)NC(Cc1ccccc1)C(=O)O)[C@H]1CC[C@H]2[C@@H]3[C@@H](O)[C@H](O)[C@@H]4C[C@H](O)CC[C@]4(C)[C@H]3CC[C@]12C. The Kier molecular flexibility index (Phi) is 8.40. The van der Waals surface area contributed by atoms with Gasteiger partial charge in [-0.1, -0.05) is 51.1 Å². The summed E-state index contributed by atoms with van der Waals surface area (Å²) in [5, 5.41) is 45.5. The third-order valence-electron chi connectivity index (χ3n) is 12.2. The van der Waals surface area contributed by atoms with Gasteiger partial charge in [-0.25, -0.2) is 4.79 Å². The molecule has 1 aromatic rings. The number of hydrogen-bond donors (Lipinski definition) is 5. The normalized spacial score (nSPS) is 42.1. The highest BCUT2D eigenvalue weighted by molar-refractivity contribution is 5.83. The maximum atomic E-state index is 12.8. The molecule has 0 aliphatic heterocycles. The van der Waals surface area contributed by atoms with Gasteiger partial charge in [0.15, 0.2) is 0 Å². The van der Waals surface area contributed by atoms with Crippen LogP contribution >= 0.6 is 0 Å². The molecule has 40 heavy (non-hydrogen) atoms. The van der Waals surface area contributed by atoms with Crippen LogP contribution in [0.15, 0.2) is 30.3 Å². The fourth-order valence-corrected chi connectivity index (χ4v) is 10.1. The van der Waals surface area contributed by atoms with Crippen LogP contribution < -0.4 is 5.32 Å². The average Bonchev–Trinajstić information content (AvgIpc) is 3.28. The molecule has 7 nitrogen and oxygen atoms in total. The molecule has 0 heterocycles. The highest BCUT2D eigenvalue weighted by Crippen LogP contribution is 2.68. The van der Waals surface area contributed by atoms with Crippen LogP contribution in [0.1, 0.15) is 84.1 Å². The summed E-state index contributed by atoms with van der Waals surface area (Å²) in [6.45, 7) is 6.90. The molecule has 4 saturated carbocycles. The van der Waals surface area contributed by atoms with Crippen LogP contribution in [0.25, 0.3) is 0 Å². The predicted octanol–water partition coefficient (Wildman–Crippen LogP) is 4.18. The summed E-state index contributed by atoms with van der Waals surface area (Å²) >= 11 is 0. The van der Waals surface area contributed by atoms with Crippen molar-refractivity contribution in [3.8, 4) is 0 Å². The van der Waals surface area contributed by atoms with Gasteiger partial charge in [-0.2, -0.15) is 0 Å². The van der Waals surface area contributed by atoms with Crippen LogP contribution in [0.5, 0.6) is 0 Å². The maximum Gasteiger partial charge on any atom is 0.326 e. The van der Waals surface area contributed by atoms with Crippen LogP contribution in [0, 0.1) is 46.3 Å². The number of aliphatic hydroxyl groups is 3. The molecule has 7 heteroatoms. The second kappa shape index (κ2) is 11.4. The van der Waals surface area contributed by atoms with Crippen molar-refractivity contribution in [2.45, 2.75) is 109 Å². The molecule has 5 N–H and O–H groups in total. The van der Waals surface area contributed by atoms with Gasteiger partial charge in [0.05, 0.1) is 18.3 Å². The summed E-state index contributed by atoms with van der Waals surface area (Å²) in [4.78, 5) is 24.6. The van der Waals surface area contributed by atoms with Crippen molar-refractivity contribution in [3.63, 3.8) is 0 Å². The standard InChI is InChI=1S/C33H49NO6/c1-19(9-12-27(36)34-26(31(39)40)17-20-7-5-4-6-8-20)22-10-11-23-28-24(14-16-32(22,23)2)33(3)15-13-21(35)18-25(33)29(37)30(28)38/h4-8,19,21-26,28-30,35,37-38H,9-18H2,1-3H3,(H,34,36)(H,39,40)/t19-,21-,22-,23+,24+,25+,26?,28+,29-,30-,32-,33-/m1/s1. The van der Waals surface area contributed by atoms with E-state index >= 15 is 0 Å². The highest BCUT2D eigenvalue weighted by atomic mass is 16.4. The lowest BCUT2D eigenvalue weighted by Crippen LogP contribution is -2.64. The topological polar surface area (TPSA) is 127 Å². The number of rotatable bonds is 8. The molecule has 0 aromatic heterocycles. The summed E-state index contributed by atoms with van der Waals surface area (Å²) in [5.41, 5.74) is 0.877. The number of hydrogen-bond acceptors (Lipinski definition) is 5. The number of aliphatic carboxylic acids is 1. The molecule has 0 spiro atoms. The molecule has 5 rings (SSSR count). The molecule has 4 fully saturated rings. The average molecular weight is 556 g/mol. The zero-order valence-electron chi connectivity index (χ0n) is 24.3. The van der Waals surface area contributed by atoms with E-state index in [-0.39, 0.29) is 41.1 Å². The number of amides is 1. The lowest BCUT2D eigenvalue weighted by atomic mass is 9.43. The largest absolute Gasteiger partial charge is 0.480 e. The molecule has 1 unspecified atom stereocenters. The molecule has 0 saturated heterocycles. The molecule has 1 aromatic carbocycles. The Bertz CT molecular complexity index is 1060. The van der Waals surface area contributed by atoms with Gasteiger partial charge in [-0.05, 0) is 103 Å². The minimum Gasteiger partial charge on any atom is -0.480 e. The Morgan fingerprint density at radius 2 is 1.60 bits per heavy atom. The van der Waals surface area contributed by atoms with Crippen LogP contribution in [0.2, 0.25) is 0 Å². The Labute approximate surface area is 238 Å². The Balaban J connectivity index is 1.22. The Morgan fingerprint density at radius 1 is 0.925 bits per heavy atom. The van der Waals surface area contributed by atoms with E-state index in [2.05, 4.69) is 26.1 Å². The first-order valence-corrected chi connectivity index (χ1v) is 15.6. The van der Waals surface area contributed by atoms with Crippen LogP contribution in [-0.2, 0) is 16.0 Å². The molecule has 4 aliphatic carbocycles. The number of benzene rings is 1. The van der Waals surface area contributed by atoms with Crippen molar-refractivity contribution in [1.29, 1.82) is 0 Å². The minimum absolute atomic E-state index is 0.0477. The van der Waals surface area contributed by atoms with Crippen molar-refractivity contribution >= 4 is 11.9 Å². The second-order valence-electron chi connectivity index (χ2n) is 14.2. The van der Waals surface area contributed by atoms with Crippen molar-refractivity contribution < 1.29 is 30.0 Å². The highest BCUT2D eigenvalue weighted by Gasteiger charge is 2.65. The summed E-state index contributed by atoms with van der Waals surface area (Å²) < 4.78 is 0. The van der Waals surface area contributed by atoms with E-state index in [0.29, 0.717) is 42.9 Å². The third kappa shape index (κ3) is 5.22. The van der Waals surface area contributed by atoms with Gasteiger partial charge in [0, 0.05) is 12.8 Å². The van der Waals surface area contributed by atoms with Gasteiger partial charge < -0.3 is 25.7 Å². The lowest BCUT2D eigenvalue weighted by molar-refractivity contribution is -0.223. The number of carboxylic acids is 1. The van der Waals surface area contributed by atoms with Crippen molar-refractivity contribution in [2.75, 3.05) is 0 Å². The fourth-order valence-electron chi connectivity index (χ4n) is 10.1. The van der Waals surface area contributed by atoms with Gasteiger partial charge in [0.1, 0.15) is 6.04 Å². The van der Waals surface area contributed by atoms with Crippen LogP contribution in [0.3, 0.4) is 0 Å². The molecule has 222 valence electrons. The van der Waals surface area contributed by atoms with Crippen LogP contribution in [0.4, 0.5) is 0 Å². The van der Waals surface area contributed by atoms with E-state index < -0.39 is 24.2 Å². The van der Waals surface area contributed by atoms with E-state index in [4.69, 9.17) is 0 Å². The van der Waals surface area contributed by atoms with E-state index in [1.165, 1.54) is 0 Å². The number of fused-ring (bicyclic) bond motifs is 5. The molecular weight excluding hydrogens is 506 g/mol. The monoisotopic (exact) mass is 555 g/mol. The lowest BCUT2D eigenvalue weighted by Gasteiger charge is -2.63. The predicted molar refractivity (Wildman–Crippen MR) is 152 cm³/mol. The summed E-state index contributed by atoms with van der Waals surface area (Å²) in [7, 11) is 0. The molecule has 0 bridgehead atoms. The molecule has 1 amide bonds.